The molecule has 0 aliphatic carbocycles. The Morgan fingerprint density at radius 1 is 1.03 bits per heavy atom. The number of hydrogen-bond donors (Lipinski definition) is 1. The first-order valence-electron chi connectivity index (χ1n) is 10.0. The van der Waals surface area contributed by atoms with Crippen LogP contribution >= 0.6 is 0 Å². The van der Waals surface area contributed by atoms with Gasteiger partial charge in [-0.05, 0) is 54.3 Å². The van der Waals surface area contributed by atoms with E-state index >= 15 is 0 Å². The van der Waals surface area contributed by atoms with Crippen molar-refractivity contribution in [3.05, 3.63) is 53.6 Å². The Morgan fingerprint density at radius 2 is 1.83 bits per heavy atom. The highest BCUT2D eigenvalue weighted by Crippen LogP contribution is 2.27. The first-order chi connectivity index (χ1) is 14.2. The van der Waals surface area contributed by atoms with Gasteiger partial charge >= 0.3 is 0 Å². The maximum Gasteiger partial charge on any atom is 0.277 e. The second-order valence-corrected chi connectivity index (χ2v) is 6.59. The molecule has 156 valence electrons. The average Bonchev–Trinajstić information content (AvgIpc) is 2.74. The predicted octanol–water partition coefficient (Wildman–Crippen LogP) is 4.36. The molecule has 6 heteroatoms. The third-order valence-corrected chi connectivity index (χ3v) is 4.18. The molecular weight excluding hydrogens is 368 g/mol. The molecule has 0 aliphatic rings. The lowest BCUT2D eigenvalue weighted by molar-refractivity contribution is -0.123. The van der Waals surface area contributed by atoms with Crippen molar-refractivity contribution in [2.24, 2.45) is 5.10 Å². The molecule has 0 unspecified atom stereocenters. The monoisotopic (exact) mass is 398 g/mol. The van der Waals surface area contributed by atoms with Crippen molar-refractivity contribution in [3.8, 4) is 17.2 Å². The van der Waals surface area contributed by atoms with E-state index in [1.54, 1.807) is 13.3 Å². The molecule has 2 aromatic rings. The number of hydrazone groups is 1. The Morgan fingerprint density at radius 3 is 2.52 bits per heavy atom. The molecule has 0 fully saturated rings. The molecule has 2 rings (SSSR count). The summed E-state index contributed by atoms with van der Waals surface area (Å²) in [6.07, 6.45) is 5.74. The summed E-state index contributed by atoms with van der Waals surface area (Å²) in [5.74, 6) is 1.66. The van der Waals surface area contributed by atoms with Gasteiger partial charge in [-0.2, -0.15) is 5.10 Å². The summed E-state index contributed by atoms with van der Waals surface area (Å²) >= 11 is 0. The van der Waals surface area contributed by atoms with Crippen molar-refractivity contribution in [1.82, 2.24) is 5.43 Å². The van der Waals surface area contributed by atoms with Crippen molar-refractivity contribution in [3.63, 3.8) is 0 Å². The number of nitrogens with zero attached hydrogens (tertiary/aromatic N) is 1. The van der Waals surface area contributed by atoms with Crippen LogP contribution in [0.25, 0.3) is 0 Å². The lowest BCUT2D eigenvalue weighted by Gasteiger charge is -2.10. The quantitative estimate of drug-likeness (QED) is 0.328. The van der Waals surface area contributed by atoms with Crippen LogP contribution in [0.5, 0.6) is 17.2 Å². The highest BCUT2D eigenvalue weighted by atomic mass is 16.5. The molecule has 0 bridgehead atoms. The lowest BCUT2D eigenvalue weighted by Crippen LogP contribution is -2.24. The topological polar surface area (TPSA) is 69.2 Å². The van der Waals surface area contributed by atoms with Crippen LogP contribution in [-0.4, -0.2) is 32.4 Å². The number of methoxy groups -OCH3 is 1. The summed E-state index contributed by atoms with van der Waals surface area (Å²) in [5.41, 5.74) is 4.51. The maximum absolute atomic E-state index is 11.9. The van der Waals surface area contributed by atoms with Crippen molar-refractivity contribution < 1.29 is 19.0 Å². The summed E-state index contributed by atoms with van der Waals surface area (Å²) in [7, 11) is 1.59. The molecule has 0 atom stereocenters. The number of benzene rings is 2. The van der Waals surface area contributed by atoms with E-state index in [1.807, 2.05) is 42.5 Å². The van der Waals surface area contributed by atoms with E-state index in [0.29, 0.717) is 23.9 Å². The fourth-order valence-corrected chi connectivity index (χ4v) is 2.61. The lowest BCUT2D eigenvalue weighted by atomic mass is 10.1. The number of ether oxygens (including phenoxy) is 3. The Bertz CT molecular complexity index is 788. The predicted molar refractivity (Wildman–Crippen MR) is 115 cm³/mol. The third kappa shape index (κ3) is 7.86. The Balaban J connectivity index is 1.81. The maximum atomic E-state index is 11.9. The zero-order chi connectivity index (χ0) is 20.9. The first-order valence-corrected chi connectivity index (χ1v) is 10.0. The normalized spacial score (nSPS) is 10.7. The SMILES string of the molecule is CCCCOc1ccc(/C=N/NC(=O)COc2ccc(CCC)cc2)cc1OC. The van der Waals surface area contributed by atoms with Gasteiger partial charge in [-0.25, -0.2) is 5.43 Å². The van der Waals surface area contributed by atoms with E-state index in [0.717, 1.165) is 31.2 Å². The molecule has 6 nitrogen and oxygen atoms in total. The Kier molecular flexibility index (Phi) is 9.55. The fourth-order valence-electron chi connectivity index (χ4n) is 2.61. The van der Waals surface area contributed by atoms with Gasteiger partial charge in [0.1, 0.15) is 5.75 Å². The second kappa shape index (κ2) is 12.4. The number of aryl methyl sites for hydroxylation is 1. The average molecular weight is 399 g/mol. The highest BCUT2D eigenvalue weighted by molar-refractivity contribution is 5.83. The largest absolute Gasteiger partial charge is 0.493 e. The van der Waals surface area contributed by atoms with Gasteiger partial charge in [0.15, 0.2) is 18.1 Å². The number of unbranched alkanes of at least 4 members (excludes halogenated alkanes) is 1. The Labute approximate surface area is 172 Å². The van der Waals surface area contributed by atoms with Crippen LogP contribution in [0.15, 0.2) is 47.6 Å². The summed E-state index contributed by atoms with van der Waals surface area (Å²) in [4.78, 5) is 11.9. The second-order valence-electron chi connectivity index (χ2n) is 6.59. The number of carbonyl (C=O) groups excluding carboxylic acids is 1. The highest BCUT2D eigenvalue weighted by Gasteiger charge is 2.05. The summed E-state index contributed by atoms with van der Waals surface area (Å²) < 4.78 is 16.5. The van der Waals surface area contributed by atoms with Crippen LogP contribution in [0.3, 0.4) is 0 Å². The first kappa shape index (κ1) is 22.3. The van der Waals surface area contributed by atoms with Crippen LogP contribution < -0.4 is 19.6 Å². The number of carbonyl (C=O) groups is 1. The van der Waals surface area contributed by atoms with Gasteiger partial charge in [0.2, 0.25) is 0 Å². The van der Waals surface area contributed by atoms with Crippen molar-refractivity contribution >= 4 is 12.1 Å². The number of nitrogens with one attached hydrogen (secondary N) is 1. The summed E-state index contributed by atoms with van der Waals surface area (Å²) in [6.45, 7) is 4.80. The van der Waals surface area contributed by atoms with E-state index in [-0.39, 0.29) is 12.5 Å². The smallest absolute Gasteiger partial charge is 0.277 e. The standard InChI is InChI=1S/C23H30N2O4/c1-4-6-14-28-21-13-10-19(15-22(21)27-3)16-24-25-23(26)17-29-20-11-8-18(7-5-2)9-12-20/h8-13,15-16H,4-7,14,17H2,1-3H3,(H,25,26)/b24-16+. The van der Waals surface area contributed by atoms with Gasteiger partial charge in [-0.15, -0.1) is 0 Å². The van der Waals surface area contributed by atoms with Crippen molar-refractivity contribution in [2.45, 2.75) is 39.5 Å². The minimum Gasteiger partial charge on any atom is -0.493 e. The number of rotatable bonds is 12. The molecule has 2 aromatic carbocycles. The van der Waals surface area contributed by atoms with E-state index in [4.69, 9.17) is 14.2 Å². The molecule has 0 spiro atoms. The van der Waals surface area contributed by atoms with Gasteiger partial charge < -0.3 is 14.2 Å². The van der Waals surface area contributed by atoms with Gasteiger partial charge in [-0.3, -0.25) is 4.79 Å². The van der Waals surface area contributed by atoms with Crippen molar-refractivity contribution in [1.29, 1.82) is 0 Å². The van der Waals surface area contributed by atoms with E-state index in [1.165, 1.54) is 5.56 Å². The number of hydrogen-bond acceptors (Lipinski definition) is 5. The van der Waals surface area contributed by atoms with Gasteiger partial charge in [-0.1, -0.05) is 38.8 Å². The van der Waals surface area contributed by atoms with E-state index in [9.17, 15) is 4.79 Å². The van der Waals surface area contributed by atoms with Crippen LogP contribution in [-0.2, 0) is 11.2 Å². The zero-order valence-electron chi connectivity index (χ0n) is 17.4. The zero-order valence-corrected chi connectivity index (χ0v) is 17.4. The summed E-state index contributed by atoms with van der Waals surface area (Å²) in [5, 5.41) is 3.97. The molecule has 0 radical (unpaired) electrons. The minimum atomic E-state index is -0.328. The van der Waals surface area contributed by atoms with Crippen LogP contribution in [0, 0.1) is 0 Å². The van der Waals surface area contributed by atoms with Crippen LogP contribution in [0.2, 0.25) is 0 Å². The Hall–Kier alpha value is -3.02. The van der Waals surface area contributed by atoms with Crippen LogP contribution in [0.1, 0.15) is 44.2 Å². The third-order valence-electron chi connectivity index (χ3n) is 4.18. The summed E-state index contributed by atoms with van der Waals surface area (Å²) in [6, 6.07) is 13.3. The van der Waals surface area contributed by atoms with Crippen LogP contribution in [0.4, 0.5) is 0 Å². The van der Waals surface area contributed by atoms with Crippen molar-refractivity contribution in [2.75, 3.05) is 20.3 Å². The molecule has 1 amide bonds. The molecule has 0 saturated carbocycles. The van der Waals surface area contributed by atoms with Gasteiger partial charge in [0.25, 0.3) is 5.91 Å². The van der Waals surface area contributed by atoms with Gasteiger partial charge in [0.05, 0.1) is 19.9 Å². The molecule has 0 saturated heterocycles. The number of amides is 1. The fraction of sp³-hybridized carbons (Fsp3) is 0.391. The van der Waals surface area contributed by atoms with E-state index < -0.39 is 0 Å². The van der Waals surface area contributed by atoms with E-state index in [2.05, 4.69) is 24.4 Å². The molecular formula is C23H30N2O4. The minimum absolute atomic E-state index is 0.0992. The molecule has 0 aliphatic heterocycles. The molecule has 0 heterocycles. The molecule has 1 N–H and O–H groups in total. The van der Waals surface area contributed by atoms with Gasteiger partial charge in [0, 0.05) is 0 Å². The molecule has 29 heavy (non-hydrogen) atoms. The molecule has 0 aromatic heterocycles.